The van der Waals surface area contributed by atoms with E-state index in [0.29, 0.717) is 6.61 Å². The number of nitrogens with one attached hydrogen (secondary N) is 2. The molecule has 3 rings (SSSR count). The van der Waals surface area contributed by atoms with Crippen LogP contribution in [0.1, 0.15) is 12.8 Å². The molecule has 92 valence electrons. The third-order valence-corrected chi connectivity index (χ3v) is 3.61. The number of benzene rings is 1. The Kier molecular flexibility index (Phi) is 2.76. The van der Waals surface area contributed by atoms with Crippen molar-refractivity contribution in [1.29, 1.82) is 0 Å². The Morgan fingerprint density at radius 1 is 1.47 bits per heavy atom. The summed E-state index contributed by atoms with van der Waals surface area (Å²) in [5.74, 6) is -0.203. The minimum absolute atomic E-state index is 0.0188. The second-order valence-corrected chi connectivity index (χ2v) is 4.98. The molecule has 2 unspecified atom stereocenters. The van der Waals surface area contributed by atoms with E-state index >= 15 is 0 Å². The van der Waals surface area contributed by atoms with E-state index in [1.54, 1.807) is 6.07 Å². The third-order valence-electron chi connectivity index (χ3n) is 3.61. The van der Waals surface area contributed by atoms with E-state index in [0.717, 1.165) is 31.6 Å². The molecule has 2 fully saturated rings. The standard InChI is InChI=1S/C13H17FN2O/c14-10-2-1-3-11(6-10)16-12-7-13(17-8-12)4-5-15-9-13/h1-3,6,12,15-16H,4-5,7-9H2. The first-order chi connectivity index (χ1) is 8.26. The number of halogens is 1. The predicted molar refractivity (Wildman–Crippen MR) is 64.6 cm³/mol. The molecular weight excluding hydrogens is 219 g/mol. The van der Waals surface area contributed by atoms with Gasteiger partial charge in [0.2, 0.25) is 0 Å². The lowest BCUT2D eigenvalue weighted by atomic mass is 9.97. The molecule has 2 aliphatic heterocycles. The van der Waals surface area contributed by atoms with Crippen molar-refractivity contribution in [3.8, 4) is 0 Å². The summed E-state index contributed by atoms with van der Waals surface area (Å²) in [6.45, 7) is 2.68. The van der Waals surface area contributed by atoms with Gasteiger partial charge in [0, 0.05) is 18.7 Å². The normalized spacial score (nSPS) is 32.2. The fraction of sp³-hybridized carbons (Fsp3) is 0.538. The molecule has 0 amide bonds. The van der Waals surface area contributed by atoms with Crippen molar-refractivity contribution in [3.63, 3.8) is 0 Å². The molecule has 4 heteroatoms. The molecule has 2 aliphatic rings. The maximum Gasteiger partial charge on any atom is 0.125 e. The van der Waals surface area contributed by atoms with E-state index in [-0.39, 0.29) is 17.5 Å². The van der Waals surface area contributed by atoms with E-state index < -0.39 is 0 Å². The van der Waals surface area contributed by atoms with Gasteiger partial charge in [0.15, 0.2) is 0 Å². The van der Waals surface area contributed by atoms with Gasteiger partial charge in [0.25, 0.3) is 0 Å². The van der Waals surface area contributed by atoms with Gasteiger partial charge in [-0.3, -0.25) is 0 Å². The number of anilines is 1. The molecule has 0 bridgehead atoms. The van der Waals surface area contributed by atoms with E-state index in [2.05, 4.69) is 10.6 Å². The summed E-state index contributed by atoms with van der Waals surface area (Å²) in [7, 11) is 0. The highest BCUT2D eigenvalue weighted by molar-refractivity contribution is 5.44. The summed E-state index contributed by atoms with van der Waals surface area (Å²) >= 11 is 0. The Labute approximate surface area is 100 Å². The first-order valence-electron chi connectivity index (χ1n) is 6.13. The van der Waals surface area contributed by atoms with Gasteiger partial charge >= 0.3 is 0 Å². The monoisotopic (exact) mass is 236 g/mol. The smallest absolute Gasteiger partial charge is 0.125 e. The first kappa shape index (κ1) is 11.0. The fourth-order valence-corrected chi connectivity index (χ4v) is 2.77. The lowest BCUT2D eigenvalue weighted by Gasteiger charge is -2.20. The van der Waals surface area contributed by atoms with Crippen molar-refractivity contribution >= 4 is 5.69 Å². The first-order valence-corrected chi connectivity index (χ1v) is 6.13. The second kappa shape index (κ2) is 4.27. The topological polar surface area (TPSA) is 33.3 Å². The zero-order valence-electron chi connectivity index (χ0n) is 9.71. The average Bonchev–Trinajstić information content (AvgIpc) is 2.90. The SMILES string of the molecule is Fc1cccc(NC2COC3(CCNC3)C2)c1. The molecule has 2 saturated heterocycles. The van der Waals surface area contributed by atoms with Crippen molar-refractivity contribution in [1.82, 2.24) is 5.32 Å². The zero-order valence-corrected chi connectivity index (χ0v) is 9.71. The molecule has 0 saturated carbocycles. The quantitative estimate of drug-likeness (QED) is 0.821. The Bertz CT molecular complexity index is 404. The van der Waals surface area contributed by atoms with Crippen LogP contribution in [0.25, 0.3) is 0 Å². The molecule has 1 aromatic carbocycles. The predicted octanol–water partition coefficient (Wildman–Crippen LogP) is 1.76. The fourth-order valence-electron chi connectivity index (χ4n) is 2.77. The molecule has 2 atom stereocenters. The largest absolute Gasteiger partial charge is 0.380 e. The summed E-state index contributed by atoms with van der Waals surface area (Å²) in [5.41, 5.74) is 0.854. The van der Waals surface area contributed by atoms with E-state index in [1.807, 2.05) is 6.07 Å². The molecule has 2 heterocycles. The van der Waals surface area contributed by atoms with E-state index in [1.165, 1.54) is 12.1 Å². The lowest BCUT2D eigenvalue weighted by Crippen LogP contribution is -2.31. The minimum atomic E-state index is -0.203. The van der Waals surface area contributed by atoms with Crippen LogP contribution < -0.4 is 10.6 Å². The Balaban J connectivity index is 1.64. The molecule has 1 spiro atoms. The van der Waals surface area contributed by atoms with Crippen LogP contribution in [0.2, 0.25) is 0 Å². The van der Waals surface area contributed by atoms with Crippen LogP contribution in [-0.4, -0.2) is 31.3 Å². The summed E-state index contributed by atoms with van der Waals surface area (Å²) in [5, 5.41) is 6.68. The summed E-state index contributed by atoms with van der Waals surface area (Å²) < 4.78 is 19.0. The van der Waals surface area contributed by atoms with Crippen LogP contribution in [0.15, 0.2) is 24.3 Å². The second-order valence-electron chi connectivity index (χ2n) is 4.98. The van der Waals surface area contributed by atoms with E-state index in [4.69, 9.17) is 4.74 Å². The van der Waals surface area contributed by atoms with Crippen molar-refractivity contribution < 1.29 is 9.13 Å². The highest BCUT2D eigenvalue weighted by atomic mass is 19.1. The van der Waals surface area contributed by atoms with Gasteiger partial charge in [-0.05, 0) is 31.2 Å². The zero-order chi connectivity index (χ0) is 11.7. The number of hydrogen-bond donors (Lipinski definition) is 2. The van der Waals surface area contributed by atoms with Crippen molar-refractivity contribution in [2.75, 3.05) is 25.0 Å². The molecular formula is C13H17FN2O. The summed E-state index contributed by atoms with van der Waals surface area (Å²) in [4.78, 5) is 0. The molecule has 2 N–H and O–H groups in total. The molecule has 1 aromatic rings. The highest BCUT2D eigenvalue weighted by Gasteiger charge is 2.42. The number of rotatable bonds is 2. The summed E-state index contributed by atoms with van der Waals surface area (Å²) in [6, 6.07) is 6.88. The summed E-state index contributed by atoms with van der Waals surface area (Å²) in [6.07, 6.45) is 2.07. The molecule has 0 aliphatic carbocycles. The molecule has 0 aromatic heterocycles. The van der Waals surface area contributed by atoms with Gasteiger partial charge in [0.05, 0.1) is 18.2 Å². The number of hydrogen-bond acceptors (Lipinski definition) is 3. The van der Waals surface area contributed by atoms with Crippen molar-refractivity contribution in [2.45, 2.75) is 24.5 Å². The Morgan fingerprint density at radius 3 is 3.18 bits per heavy atom. The van der Waals surface area contributed by atoms with Crippen LogP contribution in [0, 0.1) is 5.82 Å². The maximum absolute atomic E-state index is 13.1. The van der Waals surface area contributed by atoms with Crippen LogP contribution >= 0.6 is 0 Å². The molecule has 3 nitrogen and oxygen atoms in total. The van der Waals surface area contributed by atoms with Crippen LogP contribution in [0.3, 0.4) is 0 Å². The lowest BCUT2D eigenvalue weighted by molar-refractivity contribution is 0.0214. The molecule has 0 radical (unpaired) electrons. The average molecular weight is 236 g/mol. The van der Waals surface area contributed by atoms with Crippen LogP contribution in [0.5, 0.6) is 0 Å². The Morgan fingerprint density at radius 2 is 2.41 bits per heavy atom. The van der Waals surface area contributed by atoms with Gasteiger partial charge in [-0.2, -0.15) is 0 Å². The van der Waals surface area contributed by atoms with Gasteiger partial charge in [-0.1, -0.05) is 6.07 Å². The van der Waals surface area contributed by atoms with Crippen LogP contribution in [-0.2, 0) is 4.74 Å². The maximum atomic E-state index is 13.1. The van der Waals surface area contributed by atoms with Crippen LogP contribution in [0.4, 0.5) is 10.1 Å². The van der Waals surface area contributed by atoms with Crippen molar-refractivity contribution in [2.24, 2.45) is 0 Å². The minimum Gasteiger partial charge on any atom is -0.380 e. The van der Waals surface area contributed by atoms with E-state index in [9.17, 15) is 4.39 Å². The van der Waals surface area contributed by atoms with Gasteiger partial charge in [0.1, 0.15) is 5.82 Å². The number of ether oxygens (including phenoxy) is 1. The van der Waals surface area contributed by atoms with Gasteiger partial charge in [-0.25, -0.2) is 4.39 Å². The Hall–Kier alpha value is -1.13. The van der Waals surface area contributed by atoms with Gasteiger partial charge in [-0.15, -0.1) is 0 Å². The molecule has 17 heavy (non-hydrogen) atoms. The highest BCUT2D eigenvalue weighted by Crippen LogP contribution is 2.32. The third kappa shape index (κ3) is 2.28. The van der Waals surface area contributed by atoms with Crippen molar-refractivity contribution in [3.05, 3.63) is 30.1 Å². The van der Waals surface area contributed by atoms with Gasteiger partial charge < -0.3 is 15.4 Å².